The Hall–Kier alpha value is -2.20. The Balaban J connectivity index is 1.78. The second-order valence-corrected chi connectivity index (χ2v) is 6.28. The first-order valence-corrected chi connectivity index (χ1v) is 7.90. The number of aromatic nitrogens is 2. The summed E-state index contributed by atoms with van der Waals surface area (Å²) in [5.41, 5.74) is 2.83. The van der Waals surface area contributed by atoms with E-state index in [9.17, 15) is 4.79 Å². The van der Waals surface area contributed by atoms with Crippen molar-refractivity contribution in [2.24, 2.45) is 0 Å². The van der Waals surface area contributed by atoms with Crippen LogP contribution in [0.15, 0.2) is 54.0 Å². The van der Waals surface area contributed by atoms with Gasteiger partial charge in [-0.25, -0.2) is 4.68 Å². The molecule has 2 aromatic heterocycles. The number of benzene rings is 1. The Labute approximate surface area is 126 Å². The van der Waals surface area contributed by atoms with Crippen molar-refractivity contribution in [3.8, 4) is 5.69 Å². The maximum atomic E-state index is 12.4. The molecule has 3 aromatic rings. The number of Topliss-reactive ketones (excluding diaryl/α,β-unsaturated/α-hetero) is 1. The first-order chi connectivity index (χ1) is 10.3. The second kappa shape index (κ2) is 4.97. The molecule has 1 aliphatic carbocycles. The standard InChI is InChI=1S/C17H14N2OS/c20-16-10-12(17-7-4-8-21-17)9-15-14(16)11-18-19(15)13-5-2-1-3-6-13/h1-8,11-12H,9-10H2. The number of ketones is 1. The number of nitrogens with zero attached hydrogens (tertiary/aromatic N) is 2. The molecule has 4 rings (SSSR count). The molecule has 2 heterocycles. The van der Waals surface area contributed by atoms with E-state index in [1.807, 2.05) is 35.0 Å². The molecular formula is C17H14N2OS. The molecule has 104 valence electrons. The van der Waals surface area contributed by atoms with Crippen LogP contribution in [0.3, 0.4) is 0 Å². The molecule has 21 heavy (non-hydrogen) atoms. The third kappa shape index (κ3) is 2.12. The van der Waals surface area contributed by atoms with Gasteiger partial charge in [0.15, 0.2) is 5.78 Å². The first kappa shape index (κ1) is 12.5. The molecule has 0 N–H and O–H groups in total. The molecule has 0 spiro atoms. The average Bonchev–Trinajstić information content (AvgIpc) is 3.18. The summed E-state index contributed by atoms with van der Waals surface area (Å²) < 4.78 is 1.91. The molecule has 0 saturated carbocycles. The van der Waals surface area contributed by atoms with Crippen molar-refractivity contribution in [2.75, 3.05) is 0 Å². The van der Waals surface area contributed by atoms with Gasteiger partial charge in [0.1, 0.15) is 0 Å². The monoisotopic (exact) mass is 294 g/mol. The number of hydrogen-bond donors (Lipinski definition) is 0. The highest BCUT2D eigenvalue weighted by Crippen LogP contribution is 2.35. The highest BCUT2D eigenvalue weighted by molar-refractivity contribution is 7.10. The summed E-state index contributed by atoms with van der Waals surface area (Å²) in [6, 6.07) is 14.2. The van der Waals surface area contributed by atoms with Gasteiger partial charge in [0, 0.05) is 17.2 Å². The number of hydrogen-bond acceptors (Lipinski definition) is 3. The van der Waals surface area contributed by atoms with Gasteiger partial charge in [0.2, 0.25) is 0 Å². The summed E-state index contributed by atoms with van der Waals surface area (Å²) in [6.07, 6.45) is 3.18. The normalized spacial score (nSPS) is 17.7. The van der Waals surface area contributed by atoms with E-state index >= 15 is 0 Å². The van der Waals surface area contributed by atoms with Crippen LogP contribution in [0.2, 0.25) is 0 Å². The van der Waals surface area contributed by atoms with Crippen molar-refractivity contribution < 1.29 is 4.79 Å². The summed E-state index contributed by atoms with van der Waals surface area (Å²) in [7, 11) is 0. The summed E-state index contributed by atoms with van der Waals surface area (Å²) in [4.78, 5) is 13.7. The minimum atomic E-state index is 0.205. The molecule has 0 saturated heterocycles. The Morgan fingerprint density at radius 1 is 1.10 bits per heavy atom. The van der Waals surface area contributed by atoms with E-state index in [0.29, 0.717) is 6.42 Å². The molecule has 4 heteroatoms. The largest absolute Gasteiger partial charge is 0.294 e. The van der Waals surface area contributed by atoms with E-state index in [-0.39, 0.29) is 11.7 Å². The quantitative estimate of drug-likeness (QED) is 0.719. The minimum Gasteiger partial charge on any atom is -0.294 e. The van der Waals surface area contributed by atoms with Crippen LogP contribution in [0.1, 0.15) is 33.3 Å². The van der Waals surface area contributed by atoms with Crippen LogP contribution in [0.5, 0.6) is 0 Å². The highest BCUT2D eigenvalue weighted by Gasteiger charge is 2.30. The van der Waals surface area contributed by atoms with E-state index < -0.39 is 0 Å². The fourth-order valence-corrected chi connectivity index (χ4v) is 3.79. The summed E-state index contributed by atoms with van der Waals surface area (Å²) in [5.74, 6) is 0.487. The van der Waals surface area contributed by atoms with Crippen LogP contribution in [-0.2, 0) is 6.42 Å². The van der Waals surface area contributed by atoms with Crippen molar-refractivity contribution in [1.82, 2.24) is 9.78 Å². The number of rotatable bonds is 2. The molecule has 0 radical (unpaired) electrons. The zero-order valence-electron chi connectivity index (χ0n) is 11.4. The van der Waals surface area contributed by atoms with Gasteiger partial charge in [-0.15, -0.1) is 11.3 Å². The maximum Gasteiger partial charge on any atom is 0.166 e. The Morgan fingerprint density at radius 3 is 2.71 bits per heavy atom. The zero-order valence-corrected chi connectivity index (χ0v) is 12.2. The van der Waals surface area contributed by atoms with Crippen molar-refractivity contribution in [3.63, 3.8) is 0 Å². The summed E-state index contributed by atoms with van der Waals surface area (Å²) in [5, 5.41) is 6.51. The van der Waals surface area contributed by atoms with Crippen molar-refractivity contribution >= 4 is 17.1 Å². The van der Waals surface area contributed by atoms with Crippen molar-refractivity contribution in [2.45, 2.75) is 18.8 Å². The lowest BCUT2D eigenvalue weighted by Crippen LogP contribution is -2.19. The first-order valence-electron chi connectivity index (χ1n) is 7.02. The third-order valence-corrected chi connectivity index (χ3v) is 5.02. The van der Waals surface area contributed by atoms with E-state index in [1.165, 1.54) is 4.88 Å². The number of carbonyl (C=O) groups is 1. The minimum absolute atomic E-state index is 0.205. The molecule has 0 aliphatic heterocycles. The van der Waals surface area contributed by atoms with Crippen LogP contribution in [0, 0.1) is 0 Å². The predicted molar refractivity (Wildman–Crippen MR) is 83.3 cm³/mol. The molecule has 1 aromatic carbocycles. The van der Waals surface area contributed by atoms with E-state index in [2.05, 4.69) is 22.6 Å². The van der Waals surface area contributed by atoms with Gasteiger partial charge in [0.05, 0.1) is 23.1 Å². The van der Waals surface area contributed by atoms with Crippen LogP contribution in [0.4, 0.5) is 0 Å². The molecule has 3 nitrogen and oxygen atoms in total. The lowest BCUT2D eigenvalue weighted by Gasteiger charge is -2.21. The summed E-state index contributed by atoms with van der Waals surface area (Å²) in [6.45, 7) is 0. The highest BCUT2D eigenvalue weighted by atomic mass is 32.1. The third-order valence-electron chi connectivity index (χ3n) is 3.99. The van der Waals surface area contributed by atoms with Crippen LogP contribution in [0.25, 0.3) is 5.69 Å². The molecular weight excluding hydrogens is 280 g/mol. The molecule has 1 atom stereocenters. The predicted octanol–water partition coefficient (Wildman–Crippen LogP) is 3.85. The molecule has 1 unspecified atom stereocenters. The SMILES string of the molecule is O=C1CC(c2cccs2)Cc2c1cnn2-c1ccccc1. The lowest BCUT2D eigenvalue weighted by atomic mass is 9.86. The van der Waals surface area contributed by atoms with Crippen molar-refractivity contribution in [1.29, 1.82) is 0 Å². The lowest BCUT2D eigenvalue weighted by molar-refractivity contribution is 0.0964. The van der Waals surface area contributed by atoms with Crippen LogP contribution < -0.4 is 0 Å². The molecule has 1 aliphatic rings. The van der Waals surface area contributed by atoms with Gasteiger partial charge in [-0.3, -0.25) is 4.79 Å². The molecule has 0 bridgehead atoms. The molecule has 0 fully saturated rings. The van der Waals surface area contributed by atoms with E-state index in [0.717, 1.165) is 23.4 Å². The number of carbonyl (C=O) groups excluding carboxylic acids is 1. The van der Waals surface area contributed by atoms with E-state index in [4.69, 9.17) is 0 Å². The molecule has 0 amide bonds. The van der Waals surface area contributed by atoms with Crippen molar-refractivity contribution in [3.05, 3.63) is 70.2 Å². The fourth-order valence-electron chi connectivity index (χ4n) is 2.96. The van der Waals surface area contributed by atoms with Gasteiger partial charge in [-0.2, -0.15) is 5.10 Å². The van der Waals surface area contributed by atoms with Crippen LogP contribution >= 0.6 is 11.3 Å². The smallest absolute Gasteiger partial charge is 0.166 e. The number of para-hydroxylation sites is 1. The van der Waals surface area contributed by atoms with Gasteiger partial charge in [-0.05, 0) is 30.0 Å². The zero-order chi connectivity index (χ0) is 14.2. The van der Waals surface area contributed by atoms with E-state index in [1.54, 1.807) is 17.5 Å². The van der Waals surface area contributed by atoms with Gasteiger partial charge < -0.3 is 0 Å². The maximum absolute atomic E-state index is 12.4. The fraction of sp³-hybridized carbons (Fsp3) is 0.176. The second-order valence-electron chi connectivity index (χ2n) is 5.30. The topological polar surface area (TPSA) is 34.9 Å². The van der Waals surface area contributed by atoms with Gasteiger partial charge in [0.25, 0.3) is 0 Å². The Kier molecular flexibility index (Phi) is 2.97. The van der Waals surface area contributed by atoms with Gasteiger partial charge in [-0.1, -0.05) is 24.3 Å². The Bertz CT molecular complexity index is 774. The Morgan fingerprint density at radius 2 is 1.95 bits per heavy atom. The van der Waals surface area contributed by atoms with Crippen LogP contribution in [-0.4, -0.2) is 15.6 Å². The number of thiophene rings is 1. The van der Waals surface area contributed by atoms with Gasteiger partial charge >= 0.3 is 0 Å². The summed E-state index contributed by atoms with van der Waals surface area (Å²) >= 11 is 1.73. The average molecular weight is 294 g/mol. The number of fused-ring (bicyclic) bond motifs is 1.